The van der Waals surface area contributed by atoms with Crippen molar-refractivity contribution >= 4 is 21.9 Å². The molecule has 0 spiro atoms. The number of carbonyl (C=O) groups excluding carboxylic acids is 2. The smallest absolute Gasteiger partial charge is 0.266 e. The fraction of sp³-hybridized carbons (Fsp3) is 0.857. The minimum absolute atomic E-state index is 0.0116. The molecule has 0 bridgehead atoms. The molecular weight excluding hydrogens is 322 g/mol. The Morgan fingerprint density at radius 2 is 1.61 bits per heavy atom. The predicted molar refractivity (Wildman–Crippen MR) is 88.6 cm³/mol. The number of carbonyl (C=O) groups is 2. The molecule has 0 aliphatic rings. The van der Waals surface area contributed by atoms with Crippen molar-refractivity contribution in [2.45, 2.75) is 33.6 Å². The van der Waals surface area contributed by atoms with Crippen molar-refractivity contribution in [1.29, 1.82) is 0 Å². The van der Waals surface area contributed by atoms with E-state index in [2.05, 4.69) is 24.5 Å². The number of nitrogens with zero attached hydrogens (tertiary/aromatic N) is 1. The monoisotopic (exact) mass is 351 g/mol. The molecule has 0 unspecified atom stereocenters. The molecular formula is C14H29N3O5S. The maximum absolute atomic E-state index is 11.8. The number of amides is 2. The van der Waals surface area contributed by atoms with E-state index in [4.69, 9.17) is 4.55 Å². The summed E-state index contributed by atoms with van der Waals surface area (Å²) in [5.74, 6) is -0.595. The van der Waals surface area contributed by atoms with Crippen molar-refractivity contribution in [3.05, 3.63) is 0 Å². The van der Waals surface area contributed by atoms with E-state index in [0.717, 1.165) is 12.8 Å². The van der Waals surface area contributed by atoms with Gasteiger partial charge in [0, 0.05) is 13.1 Å². The Hall–Kier alpha value is -1.19. The van der Waals surface area contributed by atoms with Crippen LogP contribution < -0.4 is 10.6 Å². The molecule has 9 heteroatoms. The highest BCUT2D eigenvalue weighted by molar-refractivity contribution is 7.85. The van der Waals surface area contributed by atoms with Crippen LogP contribution in [0.2, 0.25) is 0 Å². The van der Waals surface area contributed by atoms with Crippen molar-refractivity contribution in [2.24, 2.45) is 5.92 Å². The molecule has 0 aliphatic carbocycles. The van der Waals surface area contributed by atoms with Gasteiger partial charge in [-0.1, -0.05) is 20.8 Å². The Bertz CT molecular complexity index is 465. The van der Waals surface area contributed by atoms with Gasteiger partial charge in [0.2, 0.25) is 11.8 Å². The average molecular weight is 351 g/mol. The zero-order valence-electron chi connectivity index (χ0n) is 14.2. The molecule has 0 aliphatic heterocycles. The summed E-state index contributed by atoms with van der Waals surface area (Å²) in [5.41, 5.74) is 0. The summed E-state index contributed by atoms with van der Waals surface area (Å²) in [6, 6.07) is 0. The highest BCUT2D eigenvalue weighted by Gasteiger charge is 2.15. The van der Waals surface area contributed by atoms with Gasteiger partial charge in [0.15, 0.2) is 0 Å². The van der Waals surface area contributed by atoms with Crippen LogP contribution in [-0.2, 0) is 19.7 Å². The van der Waals surface area contributed by atoms with Crippen LogP contribution >= 0.6 is 0 Å². The van der Waals surface area contributed by atoms with Gasteiger partial charge < -0.3 is 10.6 Å². The molecule has 0 fully saturated rings. The highest BCUT2D eigenvalue weighted by Crippen LogP contribution is 2.02. The maximum Gasteiger partial charge on any atom is 0.266 e. The van der Waals surface area contributed by atoms with E-state index in [1.165, 1.54) is 0 Å². The zero-order valence-corrected chi connectivity index (χ0v) is 15.0. The third-order valence-corrected chi connectivity index (χ3v) is 3.73. The van der Waals surface area contributed by atoms with Gasteiger partial charge in [-0.05, 0) is 25.3 Å². The van der Waals surface area contributed by atoms with Crippen LogP contribution in [0, 0.1) is 5.92 Å². The topological polar surface area (TPSA) is 116 Å². The van der Waals surface area contributed by atoms with Gasteiger partial charge >= 0.3 is 0 Å². The number of hydrogen-bond acceptors (Lipinski definition) is 5. The number of hydrogen-bond donors (Lipinski definition) is 3. The van der Waals surface area contributed by atoms with E-state index >= 15 is 0 Å². The molecule has 0 aromatic carbocycles. The quantitative estimate of drug-likeness (QED) is 0.422. The van der Waals surface area contributed by atoms with Crippen LogP contribution in [0.5, 0.6) is 0 Å². The Kier molecular flexibility index (Phi) is 10.8. The molecule has 0 saturated carbocycles. The fourth-order valence-corrected chi connectivity index (χ4v) is 2.12. The molecule has 23 heavy (non-hydrogen) atoms. The first-order valence-electron chi connectivity index (χ1n) is 7.85. The lowest BCUT2D eigenvalue weighted by atomic mass is 10.1. The Morgan fingerprint density at radius 3 is 2.04 bits per heavy atom. The maximum atomic E-state index is 11.8. The molecule has 8 nitrogen and oxygen atoms in total. The predicted octanol–water partition coefficient (Wildman–Crippen LogP) is -0.135. The van der Waals surface area contributed by atoms with Gasteiger partial charge in [0.25, 0.3) is 10.1 Å². The van der Waals surface area contributed by atoms with Crippen molar-refractivity contribution in [1.82, 2.24) is 15.5 Å². The van der Waals surface area contributed by atoms with Crippen LogP contribution in [0.15, 0.2) is 0 Å². The molecule has 0 heterocycles. The number of nitrogens with one attached hydrogen (secondary N) is 2. The third kappa shape index (κ3) is 14.2. The highest BCUT2D eigenvalue weighted by atomic mass is 32.2. The lowest BCUT2D eigenvalue weighted by molar-refractivity contribution is -0.125. The van der Waals surface area contributed by atoms with Gasteiger partial charge in [-0.25, -0.2) is 0 Å². The van der Waals surface area contributed by atoms with Gasteiger partial charge in [-0.3, -0.25) is 19.0 Å². The molecule has 0 radical (unpaired) electrons. The standard InChI is InChI=1S/C14H29N3O5S/c1-4-6-15-13(18)10-17(8-5-12(2)3)11-14(19)16-7-9-23(20,21)22/h12H,4-11H2,1-3H3,(H,15,18)(H,16,19)(H,20,21,22). The van der Waals surface area contributed by atoms with E-state index < -0.39 is 15.9 Å². The normalized spacial score (nSPS) is 11.7. The summed E-state index contributed by atoms with van der Waals surface area (Å²) >= 11 is 0. The summed E-state index contributed by atoms with van der Waals surface area (Å²) in [7, 11) is -4.09. The molecule has 0 rings (SSSR count). The number of rotatable bonds is 12. The van der Waals surface area contributed by atoms with Crippen LogP contribution in [0.4, 0.5) is 0 Å². The lowest BCUT2D eigenvalue weighted by Crippen LogP contribution is -2.44. The second-order valence-corrected chi connectivity index (χ2v) is 7.45. The second-order valence-electron chi connectivity index (χ2n) is 5.88. The minimum Gasteiger partial charge on any atom is -0.355 e. The van der Waals surface area contributed by atoms with Crippen molar-refractivity contribution < 1.29 is 22.6 Å². The molecule has 0 saturated heterocycles. The first-order valence-corrected chi connectivity index (χ1v) is 9.45. The van der Waals surface area contributed by atoms with Crippen LogP contribution in [0.25, 0.3) is 0 Å². The molecule has 136 valence electrons. The van der Waals surface area contributed by atoms with E-state index in [9.17, 15) is 18.0 Å². The SMILES string of the molecule is CCCNC(=O)CN(CCC(C)C)CC(=O)NCCS(=O)(=O)O. The van der Waals surface area contributed by atoms with Gasteiger partial charge in [-0.15, -0.1) is 0 Å². The Morgan fingerprint density at radius 1 is 1.09 bits per heavy atom. The van der Waals surface area contributed by atoms with Crippen molar-refractivity contribution in [3.8, 4) is 0 Å². The summed E-state index contributed by atoms with van der Waals surface area (Å²) in [6.07, 6.45) is 1.69. The zero-order chi connectivity index (χ0) is 17.9. The lowest BCUT2D eigenvalue weighted by Gasteiger charge is -2.22. The first-order chi connectivity index (χ1) is 10.6. The van der Waals surface area contributed by atoms with Gasteiger partial charge in [0.1, 0.15) is 0 Å². The summed E-state index contributed by atoms with van der Waals surface area (Å²) in [5, 5.41) is 5.18. The van der Waals surface area contributed by atoms with E-state index in [1.54, 1.807) is 4.90 Å². The molecule has 3 N–H and O–H groups in total. The van der Waals surface area contributed by atoms with E-state index in [1.807, 2.05) is 6.92 Å². The van der Waals surface area contributed by atoms with E-state index in [-0.39, 0.29) is 31.4 Å². The summed E-state index contributed by atoms with van der Waals surface area (Å²) in [6.45, 7) is 7.25. The molecule has 0 aromatic rings. The Labute approximate surface area is 138 Å². The first kappa shape index (κ1) is 21.8. The van der Waals surface area contributed by atoms with Crippen molar-refractivity contribution in [2.75, 3.05) is 38.5 Å². The van der Waals surface area contributed by atoms with Gasteiger partial charge in [-0.2, -0.15) is 8.42 Å². The van der Waals surface area contributed by atoms with Crippen LogP contribution in [0.3, 0.4) is 0 Å². The third-order valence-electron chi connectivity index (χ3n) is 3.01. The van der Waals surface area contributed by atoms with Crippen molar-refractivity contribution in [3.63, 3.8) is 0 Å². The minimum atomic E-state index is -4.09. The summed E-state index contributed by atoms with van der Waals surface area (Å²) in [4.78, 5) is 25.3. The molecule has 0 aromatic heterocycles. The largest absolute Gasteiger partial charge is 0.355 e. The Balaban J connectivity index is 4.37. The second kappa shape index (κ2) is 11.4. The fourth-order valence-electron chi connectivity index (χ4n) is 1.76. The molecule has 0 atom stereocenters. The average Bonchev–Trinajstić information content (AvgIpc) is 2.41. The van der Waals surface area contributed by atoms with Crippen LogP contribution in [-0.4, -0.2) is 68.2 Å². The van der Waals surface area contributed by atoms with Crippen LogP contribution in [0.1, 0.15) is 33.6 Å². The van der Waals surface area contributed by atoms with Gasteiger partial charge in [0.05, 0.1) is 18.8 Å². The summed E-state index contributed by atoms with van der Waals surface area (Å²) < 4.78 is 29.8. The molecule has 2 amide bonds. The van der Waals surface area contributed by atoms with E-state index in [0.29, 0.717) is 19.0 Å².